The molecule has 1 heterocycles. The second-order valence-electron chi connectivity index (χ2n) is 12.5. The van der Waals surface area contributed by atoms with Gasteiger partial charge in [-0.1, -0.05) is 48.5 Å². The van der Waals surface area contributed by atoms with Gasteiger partial charge < -0.3 is 9.80 Å². The van der Waals surface area contributed by atoms with Crippen molar-refractivity contribution in [2.45, 2.75) is 0 Å². The SMILES string of the molecule is N#Cc1ccc(N(c2ccccc2)c2ccc3cc4sc5cc6ccc(N(c7ccccc7)c7ccc(C#N)cc7)cc6cc5c4cc3c2)cc1. The van der Waals surface area contributed by atoms with Gasteiger partial charge in [0.05, 0.1) is 23.3 Å². The number of thiophene rings is 1. The van der Waals surface area contributed by atoms with Crippen molar-refractivity contribution in [2.75, 3.05) is 9.80 Å². The topological polar surface area (TPSA) is 54.1 Å². The summed E-state index contributed by atoms with van der Waals surface area (Å²) >= 11 is 1.83. The van der Waals surface area contributed by atoms with Crippen molar-refractivity contribution in [2.24, 2.45) is 0 Å². The number of hydrogen-bond donors (Lipinski definition) is 0. The Morgan fingerprint density at radius 2 is 0.725 bits per heavy atom. The van der Waals surface area contributed by atoms with Crippen LogP contribution in [0.3, 0.4) is 0 Å². The average Bonchev–Trinajstić information content (AvgIpc) is 3.53. The highest BCUT2D eigenvalue weighted by atomic mass is 32.1. The summed E-state index contributed by atoms with van der Waals surface area (Å²) in [5.41, 5.74) is 7.47. The van der Waals surface area contributed by atoms with Gasteiger partial charge in [-0.05, 0) is 143 Å². The van der Waals surface area contributed by atoms with Gasteiger partial charge in [-0.3, -0.25) is 0 Å². The molecule has 0 aliphatic heterocycles. The Balaban J connectivity index is 1.17. The van der Waals surface area contributed by atoms with Crippen LogP contribution in [0.4, 0.5) is 34.1 Å². The van der Waals surface area contributed by atoms with Gasteiger partial charge in [0.15, 0.2) is 0 Å². The molecule has 238 valence electrons. The highest BCUT2D eigenvalue weighted by Gasteiger charge is 2.16. The fraction of sp³-hybridized carbons (Fsp3) is 0. The molecule has 51 heavy (non-hydrogen) atoms. The normalized spacial score (nSPS) is 11.1. The summed E-state index contributed by atoms with van der Waals surface area (Å²) in [5.74, 6) is 0. The number of para-hydroxylation sites is 2. The van der Waals surface area contributed by atoms with Crippen LogP contribution in [0.5, 0.6) is 0 Å². The predicted molar refractivity (Wildman–Crippen MR) is 213 cm³/mol. The Morgan fingerprint density at radius 1 is 0.353 bits per heavy atom. The summed E-state index contributed by atoms with van der Waals surface area (Å²) in [5, 5.41) is 26.0. The maximum absolute atomic E-state index is 9.40. The molecular weight excluding hydrogens is 641 g/mol. The lowest BCUT2D eigenvalue weighted by molar-refractivity contribution is 1.29. The minimum atomic E-state index is 0.638. The van der Waals surface area contributed by atoms with E-state index in [1.807, 2.05) is 96.3 Å². The van der Waals surface area contributed by atoms with E-state index in [1.54, 1.807) is 0 Å². The first-order chi connectivity index (χ1) is 25.1. The third-order valence-corrected chi connectivity index (χ3v) is 10.5. The van der Waals surface area contributed by atoms with Crippen LogP contribution in [-0.4, -0.2) is 0 Å². The maximum atomic E-state index is 9.40. The minimum Gasteiger partial charge on any atom is -0.310 e. The van der Waals surface area contributed by atoms with Gasteiger partial charge in [-0.25, -0.2) is 0 Å². The Bertz CT molecular complexity index is 2620. The molecular formula is C46H28N4S. The van der Waals surface area contributed by atoms with Crippen LogP contribution in [-0.2, 0) is 0 Å². The van der Waals surface area contributed by atoms with Gasteiger partial charge in [0, 0.05) is 54.3 Å². The van der Waals surface area contributed by atoms with Crippen molar-refractivity contribution < 1.29 is 0 Å². The molecule has 0 aliphatic carbocycles. The molecule has 5 heteroatoms. The number of rotatable bonds is 6. The molecule has 0 spiro atoms. The highest BCUT2D eigenvalue weighted by Crippen LogP contribution is 2.42. The zero-order chi connectivity index (χ0) is 34.3. The third-order valence-electron chi connectivity index (χ3n) is 9.41. The van der Waals surface area contributed by atoms with Gasteiger partial charge >= 0.3 is 0 Å². The zero-order valence-electron chi connectivity index (χ0n) is 27.4. The lowest BCUT2D eigenvalue weighted by atomic mass is 10.0. The van der Waals surface area contributed by atoms with Crippen LogP contribution >= 0.6 is 11.3 Å². The molecule has 0 N–H and O–H groups in total. The number of benzene rings is 8. The van der Waals surface area contributed by atoms with Crippen molar-refractivity contribution in [3.8, 4) is 12.1 Å². The lowest BCUT2D eigenvalue weighted by Gasteiger charge is -2.26. The van der Waals surface area contributed by atoms with Crippen molar-refractivity contribution in [1.82, 2.24) is 0 Å². The van der Waals surface area contributed by atoms with E-state index in [-0.39, 0.29) is 0 Å². The largest absolute Gasteiger partial charge is 0.310 e. The van der Waals surface area contributed by atoms with E-state index in [0.29, 0.717) is 11.1 Å². The predicted octanol–water partition coefficient (Wildman–Crippen LogP) is 13.0. The number of hydrogen-bond acceptors (Lipinski definition) is 5. The molecule has 1 aromatic heterocycles. The van der Waals surface area contributed by atoms with Crippen LogP contribution in [0.2, 0.25) is 0 Å². The van der Waals surface area contributed by atoms with E-state index < -0.39 is 0 Å². The van der Waals surface area contributed by atoms with E-state index in [2.05, 4.69) is 107 Å². The molecule has 0 aliphatic rings. The molecule has 8 aromatic carbocycles. The Hall–Kier alpha value is -6.92. The van der Waals surface area contributed by atoms with E-state index in [0.717, 1.165) is 34.1 Å². The summed E-state index contributed by atoms with van der Waals surface area (Å²) < 4.78 is 2.52. The highest BCUT2D eigenvalue weighted by molar-refractivity contribution is 7.26. The molecule has 9 rings (SSSR count). The molecule has 0 atom stereocenters. The molecule has 0 radical (unpaired) electrons. The monoisotopic (exact) mass is 668 g/mol. The Kier molecular flexibility index (Phi) is 7.40. The zero-order valence-corrected chi connectivity index (χ0v) is 28.2. The maximum Gasteiger partial charge on any atom is 0.0991 e. The second kappa shape index (κ2) is 12.5. The summed E-state index contributed by atoms with van der Waals surface area (Å²) in [4.78, 5) is 4.47. The van der Waals surface area contributed by atoms with Crippen LogP contribution in [0.1, 0.15) is 11.1 Å². The van der Waals surface area contributed by atoms with E-state index >= 15 is 0 Å². The van der Waals surface area contributed by atoms with Crippen molar-refractivity contribution in [3.05, 3.63) is 181 Å². The first-order valence-corrected chi connectivity index (χ1v) is 17.5. The molecule has 0 bridgehead atoms. The molecule has 4 nitrogen and oxygen atoms in total. The Labute approximate surface area is 299 Å². The van der Waals surface area contributed by atoms with Crippen LogP contribution in [0, 0.1) is 22.7 Å². The number of nitriles is 2. The first-order valence-electron chi connectivity index (χ1n) is 16.7. The van der Waals surface area contributed by atoms with E-state index in [1.165, 1.54) is 41.7 Å². The summed E-state index contributed by atoms with van der Waals surface area (Å²) in [6, 6.07) is 63.2. The van der Waals surface area contributed by atoms with Crippen LogP contribution < -0.4 is 9.80 Å². The van der Waals surface area contributed by atoms with Crippen molar-refractivity contribution >= 4 is 87.2 Å². The fourth-order valence-corrected chi connectivity index (χ4v) is 8.10. The van der Waals surface area contributed by atoms with Crippen LogP contribution in [0.25, 0.3) is 41.7 Å². The van der Waals surface area contributed by atoms with E-state index in [4.69, 9.17) is 0 Å². The molecule has 0 amide bonds. The van der Waals surface area contributed by atoms with Crippen molar-refractivity contribution in [3.63, 3.8) is 0 Å². The van der Waals surface area contributed by atoms with Gasteiger partial charge in [0.2, 0.25) is 0 Å². The lowest BCUT2D eigenvalue weighted by Crippen LogP contribution is -2.09. The number of anilines is 6. The molecule has 0 saturated carbocycles. The summed E-state index contributed by atoms with van der Waals surface area (Å²) in [6.07, 6.45) is 0. The fourth-order valence-electron chi connectivity index (χ4n) is 6.93. The number of nitrogens with zero attached hydrogens (tertiary/aromatic N) is 4. The Morgan fingerprint density at radius 3 is 1.12 bits per heavy atom. The first kappa shape index (κ1) is 30.2. The molecule has 0 unspecified atom stereocenters. The minimum absolute atomic E-state index is 0.638. The number of fused-ring (bicyclic) bond motifs is 5. The van der Waals surface area contributed by atoms with Crippen molar-refractivity contribution in [1.29, 1.82) is 10.5 Å². The van der Waals surface area contributed by atoms with Gasteiger partial charge in [-0.15, -0.1) is 11.3 Å². The van der Waals surface area contributed by atoms with Gasteiger partial charge in [-0.2, -0.15) is 10.5 Å². The average molecular weight is 669 g/mol. The third kappa shape index (κ3) is 5.49. The summed E-state index contributed by atoms with van der Waals surface area (Å²) in [7, 11) is 0. The summed E-state index contributed by atoms with van der Waals surface area (Å²) in [6.45, 7) is 0. The smallest absolute Gasteiger partial charge is 0.0991 e. The van der Waals surface area contributed by atoms with Gasteiger partial charge in [0.1, 0.15) is 0 Å². The standard InChI is InChI=1S/C46H28N4S/c47-29-31-11-17-39(18-12-31)49(37-7-3-1-4-8-37)41-21-15-33-27-45-43(25-35(33)23-41)44-26-36-24-42(22-16-34(36)28-46(44)51-45)50(38-9-5-2-6-10-38)40-19-13-32(30-48)14-20-40/h1-28H. The molecule has 0 fully saturated rings. The molecule has 0 saturated heterocycles. The van der Waals surface area contributed by atoms with Crippen LogP contribution in [0.15, 0.2) is 170 Å². The molecule has 9 aromatic rings. The van der Waals surface area contributed by atoms with Gasteiger partial charge in [0.25, 0.3) is 0 Å². The quantitative estimate of drug-likeness (QED) is 0.177. The second-order valence-corrected chi connectivity index (χ2v) is 13.6. The van der Waals surface area contributed by atoms with E-state index in [9.17, 15) is 10.5 Å².